The lowest BCUT2D eigenvalue weighted by Gasteiger charge is -2.35. The molecule has 0 unspecified atom stereocenters. The van der Waals surface area contributed by atoms with Gasteiger partial charge in [-0.15, -0.1) is 11.8 Å². The lowest BCUT2D eigenvalue weighted by molar-refractivity contribution is -0.135. The van der Waals surface area contributed by atoms with Crippen LogP contribution in [-0.4, -0.2) is 66.9 Å². The molecule has 0 aromatic heterocycles. The standard InChI is InChI=1S/C20H32N2O2S/c1-16(2)22-11-12-24-18(15-22)14-20(23)21(4)10-5-13-25-19-8-6-17(3)7-9-19/h6-9,16,18H,5,10-15H2,1-4H3/t18-/m1/s1. The van der Waals surface area contributed by atoms with Crippen LogP contribution in [0.15, 0.2) is 29.2 Å². The second-order valence-electron chi connectivity index (χ2n) is 7.12. The Hall–Kier alpha value is -1.04. The zero-order valence-electron chi connectivity index (χ0n) is 16.0. The fraction of sp³-hybridized carbons (Fsp3) is 0.650. The fourth-order valence-corrected chi connectivity index (χ4v) is 3.77. The fourth-order valence-electron chi connectivity index (χ4n) is 2.94. The zero-order valence-corrected chi connectivity index (χ0v) is 16.8. The van der Waals surface area contributed by atoms with Crippen molar-refractivity contribution < 1.29 is 9.53 Å². The summed E-state index contributed by atoms with van der Waals surface area (Å²) < 4.78 is 5.78. The molecule has 0 radical (unpaired) electrons. The first-order valence-corrected chi connectivity index (χ1v) is 10.2. The highest BCUT2D eigenvalue weighted by Crippen LogP contribution is 2.19. The zero-order chi connectivity index (χ0) is 18.2. The summed E-state index contributed by atoms with van der Waals surface area (Å²) in [6.07, 6.45) is 1.53. The summed E-state index contributed by atoms with van der Waals surface area (Å²) in [6, 6.07) is 9.12. The van der Waals surface area contributed by atoms with Gasteiger partial charge in [0.2, 0.25) is 5.91 Å². The van der Waals surface area contributed by atoms with E-state index in [0.717, 1.165) is 38.4 Å². The van der Waals surface area contributed by atoms with E-state index < -0.39 is 0 Å². The van der Waals surface area contributed by atoms with Gasteiger partial charge in [-0.05, 0) is 45.1 Å². The van der Waals surface area contributed by atoms with E-state index in [1.165, 1.54) is 10.5 Å². The van der Waals surface area contributed by atoms with Gasteiger partial charge in [-0.3, -0.25) is 9.69 Å². The van der Waals surface area contributed by atoms with Crippen molar-refractivity contribution >= 4 is 17.7 Å². The molecule has 140 valence electrons. The lowest BCUT2D eigenvalue weighted by Crippen LogP contribution is -2.47. The van der Waals surface area contributed by atoms with Crippen LogP contribution in [-0.2, 0) is 9.53 Å². The van der Waals surface area contributed by atoms with Crippen molar-refractivity contribution in [1.29, 1.82) is 0 Å². The van der Waals surface area contributed by atoms with Crippen LogP contribution in [0.2, 0.25) is 0 Å². The van der Waals surface area contributed by atoms with Crippen molar-refractivity contribution in [3.63, 3.8) is 0 Å². The second kappa shape index (κ2) is 10.2. The normalized spacial score (nSPS) is 18.5. The number of thioether (sulfide) groups is 1. The average Bonchev–Trinajstić information content (AvgIpc) is 2.60. The van der Waals surface area contributed by atoms with Crippen molar-refractivity contribution in [1.82, 2.24) is 9.80 Å². The van der Waals surface area contributed by atoms with E-state index in [4.69, 9.17) is 4.74 Å². The molecule has 1 aliphatic rings. The molecule has 0 aliphatic carbocycles. The second-order valence-corrected chi connectivity index (χ2v) is 8.28. The molecule has 1 heterocycles. The van der Waals surface area contributed by atoms with Gasteiger partial charge in [0, 0.05) is 37.6 Å². The number of nitrogens with zero attached hydrogens (tertiary/aromatic N) is 2. The highest BCUT2D eigenvalue weighted by molar-refractivity contribution is 7.99. The smallest absolute Gasteiger partial charge is 0.224 e. The monoisotopic (exact) mass is 364 g/mol. The van der Waals surface area contributed by atoms with E-state index >= 15 is 0 Å². The number of hydrogen-bond acceptors (Lipinski definition) is 4. The number of aryl methyl sites for hydroxylation is 1. The predicted octanol–water partition coefficient (Wildman–Crippen LogP) is 3.43. The number of morpholine rings is 1. The van der Waals surface area contributed by atoms with Crippen molar-refractivity contribution in [2.45, 2.75) is 50.7 Å². The van der Waals surface area contributed by atoms with Gasteiger partial charge in [0.15, 0.2) is 0 Å². The average molecular weight is 365 g/mol. The van der Waals surface area contributed by atoms with E-state index in [0.29, 0.717) is 12.5 Å². The van der Waals surface area contributed by atoms with Gasteiger partial charge >= 0.3 is 0 Å². The van der Waals surface area contributed by atoms with Gasteiger partial charge in [-0.1, -0.05) is 17.7 Å². The third kappa shape index (κ3) is 7.00. The summed E-state index contributed by atoms with van der Waals surface area (Å²) in [5.41, 5.74) is 1.29. The molecule has 1 aliphatic heterocycles. The van der Waals surface area contributed by atoms with Gasteiger partial charge in [0.1, 0.15) is 0 Å². The van der Waals surface area contributed by atoms with Crippen LogP contribution in [0.3, 0.4) is 0 Å². The summed E-state index contributed by atoms with van der Waals surface area (Å²) in [4.78, 5) is 17.9. The summed E-state index contributed by atoms with van der Waals surface area (Å²) >= 11 is 1.85. The Morgan fingerprint density at radius 1 is 1.36 bits per heavy atom. The Morgan fingerprint density at radius 2 is 2.08 bits per heavy atom. The topological polar surface area (TPSA) is 32.8 Å². The molecule has 1 aromatic carbocycles. The number of rotatable bonds is 8. The highest BCUT2D eigenvalue weighted by atomic mass is 32.2. The highest BCUT2D eigenvalue weighted by Gasteiger charge is 2.25. The third-order valence-corrected chi connectivity index (χ3v) is 5.75. The Labute approximate surface area is 156 Å². The lowest BCUT2D eigenvalue weighted by atomic mass is 10.1. The first kappa shape index (κ1) is 20.3. The Balaban J connectivity index is 1.65. The van der Waals surface area contributed by atoms with E-state index in [2.05, 4.69) is 49.9 Å². The predicted molar refractivity (Wildman–Crippen MR) is 105 cm³/mol. The molecule has 1 aromatic rings. The molecular weight excluding hydrogens is 332 g/mol. The Bertz CT molecular complexity index is 533. The van der Waals surface area contributed by atoms with Crippen LogP contribution in [0, 0.1) is 6.92 Å². The minimum Gasteiger partial charge on any atom is -0.375 e. The van der Waals surface area contributed by atoms with Gasteiger partial charge in [-0.25, -0.2) is 0 Å². The Kier molecular flexibility index (Phi) is 8.27. The number of benzene rings is 1. The van der Waals surface area contributed by atoms with Gasteiger partial charge in [0.05, 0.1) is 19.1 Å². The molecule has 0 spiro atoms. The van der Waals surface area contributed by atoms with Crippen LogP contribution < -0.4 is 0 Å². The summed E-state index contributed by atoms with van der Waals surface area (Å²) in [5, 5.41) is 0. The molecule has 25 heavy (non-hydrogen) atoms. The van der Waals surface area contributed by atoms with E-state index in [9.17, 15) is 4.79 Å². The van der Waals surface area contributed by atoms with Crippen molar-refractivity contribution in [2.75, 3.05) is 39.0 Å². The number of carbonyl (C=O) groups excluding carboxylic acids is 1. The first-order chi connectivity index (χ1) is 12.0. The molecule has 0 bridgehead atoms. The number of hydrogen-bond donors (Lipinski definition) is 0. The van der Waals surface area contributed by atoms with Crippen LogP contribution in [0.5, 0.6) is 0 Å². The van der Waals surface area contributed by atoms with Gasteiger partial charge in [-0.2, -0.15) is 0 Å². The third-order valence-electron chi connectivity index (χ3n) is 4.66. The van der Waals surface area contributed by atoms with Crippen molar-refractivity contribution in [3.8, 4) is 0 Å². The maximum Gasteiger partial charge on any atom is 0.224 e. The van der Waals surface area contributed by atoms with Gasteiger partial charge in [0.25, 0.3) is 0 Å². The minimum atomic E-state index is 0.0352. The summed E-state index contributed by atoms with van der Waals surface area (Å²) in [6.45, 7) is 9.86. The number of amides is 1. The van der Waals surface area contributed by atoms with Crippen LogP contribution >= 0.6 is 11.8 Å². The summed E-state index contributed by atoms with van der Waals surface area (Å²) in [5.74, 6) is 1.22. The number of ether oxygens (including phenoxy) is 1. The molecule has 1 atom stereocenters. The molecule has 1 amide bonds. The Morgan fingerprint density at radius 3 is 2.76 bits per heavy atom. The maximum absolute atomic E-state index is 12.4. The van der Waals surface area contributed by atoms with Crippen LogP contribution in [0.25, 0.3) is 0 Å². The first-order valence-electron chi connectivity index (χ1n) is 9.25. The SMILES string of the molecule is Cc1ccc(SCCCN(C)C(=O)C[C@@H]2CN(C(C)C)CCO2)cc1. The summed E-state index contributed by atoms with van der Waals surface area (Å²) in [7, 11) is 1.90. The maximum atomic E-state index is 12.4. The number of carbonyl (C=O) groups is 1. The molecule has 4 nitrogen and oxygen atoms in total. The van der Waals surface area contributed by atoms with E-state index in [1.807, 2.05) is 23.7 Å². The molecular formula is C20H32N2O2S. The molecule has 0 saturated carbocycles. The largest absolute Gasteiger partial charge is 0.375 e. The molecule has 1 fully saturated rings. The molecule has 5 heteroatoms. The van der Waals surface area contributed by atoms with E-state index in [-0.39, 0.29) is 12.0 Å². The van der Waals surface area contributed by atoms with E-state index in [1.54, 1.807) is 0 Å². The van der Waals surface area contributed by atoms with Crippen LogP contribution in [0.4, 0.5) is 0 Å². The molecule has 0 N–H and O–H groups in total. The van der Waals surface area contributed by atoms with Crippen molar-refractivity contribution in [2.24, 2.45) is 0 Å². The van der Waals surface area contributed by atoms with Crippen molar-refractivity contribution in [3.05, 3.63) is 29.8 Å². The van der Waals surface area contributed by atoms with Gasteiger partial charge < -0.3 is 9.64 Å². The van der Waals surface area contributed by atoms with Crippen LogP contribution in [0.1, 0.15) is 32.3 Å². The molecule has 1 saturated heterocycles. The minimum absolute atomic E-state index is 0.0352. The quantitative estimate of drug-likeness (QED) is 0.523. The molecule has 2 rings (SSSR count).